The molecule has 0 atom stereocenters. The largest absolute Gasteiger partial charge is 0.494 e. The molecule has 0 aliphatic rings. The van der Waals surface area contributed by atoms with Crippen LogP contribution in [0.25, 0.3) is 0 Å². The highest BCUT2D eigenvalue weighted by Gasteiger charge is 1.97. The summed E-state index contributed by atoms with van der Waals surface area (Å²) >= 11 is 0. The molecule has 2 nitrogen and oxygen atoms in total. The third-order valence-electron chi connectivity index (χ3n) is 5.26. The summed E-state index contributed by atoms with van der Waals surface area (Å²) in [7, 11) is 0. The van der Waals surface area contributed by atoms with Crippen molar-refractivity contribution in [2.24, 2.45) is 4.99 Å². The lowest BCUT2D eigenvalue weighted by Crippen LogP contribution is -1.96. The molecule has 0 saturated carbocycles. The molecule has 0 aliphatic heterocycles. The van der Waals surface area contributed by atoms with Crippen LogP contribution >= 0.6 is 0 Å². The maximum Gasteiger partial charge on any atom is 0.119 e. The molecule has 2 aromatic carbocycles. The zero-order chi connectivity index (χ0) is 20.6. The summed E-state index contributed by atoms with van der Waals surface area (Å²) in [5, 5.41) is 0. The number of unbranched alkanes of at least 4 members (excludes halogenated alkanes) is 8. The van der Waals surface area contributed by atoms with Crippen molar-refractivity contribution in [1.29, 1.82) is 0 Å². The smallest absolute Gasteiger partial charge is 0.119 e. The van der Waals surface area contributed by atoms with Gasteiger partial charge in [-0.15, -0.1) is 0 Å². The summed E-state index contributed by atoms with van der Waals surface area (Å²) in [5.41, 5.74) is 3.52. The van der Waals surface area contributed by atoms with Crippen LogP contribution in [0.3, 0.4) is 0 Å². The van der Waals surface area contributed by atoms with E-state index in [9.17, 15) is 0 Å². The van der Waals surface area contributed by atoms with Gasteiger partial charge in [0.1, 0.15) is 5.75 Å². The standard InChI is InChI=1S/C27H39NO/c1-3-5-7-8-9-10-11-12-13-24-14-18-26(19-15-24)28-23-25-16-20-27(21-17-25)29-22-6-4-2/h14-21,23H,3-13,22H2,1-2H3. The summed E-state index contributed by atoms with van der Waals surface area (Å²) < 4.78 is 5.70. The molecular weight excluding hydrogens is 354 g/mol. The maximum atomic E-state index is 5.70. The number of benzene rings is 2. The number of nitrogens with zero attached hydrogens (tertiary/aromatic N) is 1. The van der Waals surface area contributed by atoms with E-state index in [4.69, 9.17) is 4.74 Å². The van der Waals surface area contributed by atoms with Crippen molar-refractivity contribution in [3.63, 3.8) is 0 Å². The lowest BCUT2D eigenvalue weighted by molar-refractivity contribution is 0.309. The highest BCUT2D eigenvalue weighted by atomic mass is 16.5. The van der Waals surface area contributed by atoms with E-state index in [2.05, 4.69) is 55.2 Å². The normalized spacial score (nSPS) is 11.2. The fourth-order valence-electron chi connectivity index (χ4n) is 3.35. The Hall–Kier alpha value is -2.09. The van der Waals surface area contributed by atoms with Crippen molar-refractivity contribution in [1.82, 2.24) is 0 Å². The first-order valence-corrected chi connectivity index (χ1v) is 11.7. The Labute approximate surface area is 178 Å². The van der Waals surface area contributed by atoms with Crippen LogP contribution in [0.5, 0.6) is 5.75 Å². The minimum absolute atomic E-state index is 0.787. The first kappa shape index (κ1) is 23.2. The number of hydrogen-bond acceptors (Lipinski definition) is 2. The molecule has 0 bridgehead atoms. The zero-order valence-electron chi connectivity index (χ0n) is 18.5. The van der Waals surface area contributed by atoms with Gasteiger partial charge in [0.25, 0.3) is 0 Å². The second kappa shape index (κ2) is 14.8. The van der Waals surface area contributed by atoms with Gasteiger partial charge in [-0.2, -0.15) is 0 Å². The van der Waals surface area contributed by atoms with E-state index in [1.165, 1.54) is 63.4 Å². The van der Waals surface area contributed by atoms with Crippen LogP contribution in [0.15, 0.2) is 53.5 Å². The van der Waals surface area contributed by atoms with Crippen molar-refractivity contribution in [3.8, 4) is 5.75 Å². The fraction of sp³-hybridized carbons (Fsp3) is 0.519. The second-order valence-electron chi connectivity index (χ2n) is 7.92. The number of aliphatic imine (C=N–C) groups is 1. The quantitative estimate of drug-likeness (QED) is 0.220. The summed E-state index contributed by atoms with van der Waals surface area (Å²) in [5.74, 6) is 0.931. The average Bonchev–Trinajstić information content (AvgIpc) is 2.76. The molecule has 0 amide bonds. The molecule has 0 spiro atoms. The first-order chi connectivity index (χ1) is 14.3. The minimum Gasteiger partial charge on any atom is -0.494 e. The van der Waals surface area contributed by atoms with Gasteiger partial charge in [-0.1, -0.05) is 77.3 Å². The topological polar surface area (TPSA) is 21.6 Å². The molecule has 0 aromatic heterocycles. The third-order valence-corrected chi connectivity index (χ3v) is 5.26. The van der Waals surface area contributed by atoms with Crippen LogP contribution in [-0.4, -0.2) is 12.8 Å². The van der Waals surface area contributed by atoms with E-state index in [0.717, 1.165) is 36.4 Å². The van der Waals surface area contributed by atoms with Crippen LogP contribution < -0.4 is 4.74 Å². The van der Waals surface area contributed by atoms with E-state index >= 15 is 0 Å². The number of rotatable bonds is 15. The van der Waals surface area contributed by atoms with E-state index in [-0.39, 0.29) is 0 Å². The highest BCUT2D eigenvalue weighted by Crippen LogP contribution is 2.17. The first-order valence-electron chi connectivity index (χ1n) is 11.7. The van der Waals surface area contributed by atoms with Gasteiger partial charge in [-0.25, -0.2) is 0 Å². The summed E-state index contributed by atoms with van der Waals surface area (Å²) in [4.78, 5) is 4.60. The predicted molar refractivity (Wildman–Crippen MR) is 127 cm³/mol. The van der Waals surface area contributed by atoms with E-state index in [1.807, 2.05) is 18.3 Å². The minimum atomic E-state index is 0.787. The van der Waals surface area contributed by atoms with Gasteiger partial charge in [0, 0.05) is 6.21 Å². The molecule has 0 N–H and O–H groups in total. The second-order valence-corrected chi connectivity index (χ2v) is 7.92. The Bertz CT molecular complexity index is 673. The SMILES string of the molecule is CCCCCCCCCCc1ccc(N=Cc2ccc(OCCCC)cc2)cc1. The Morgan fingerprint density at radius 1 is 0.690 bits per heavy atom. The van der Waals surface area contributed by atoms with Gasteiger partial charge < -0.3 is 4.74 Å². The van der Waals surface area contributed by atoms with Gasteiger partial charge in [0.05, 0.1) is 12.3 Å². The van der Waals surface area contributed by atoms with Crippen LogP contribution in [-0.2, 0) is 6.42 Å². The lowest BCUT2D eigenvalue weighted by Gasteiger charge is -2.05. The van der Waals surface area contributed by atoms with Crippen LogP contribution in [0.1, 0.15) is 89.2 Å². The van der Waals surface area contributed by atoms with Crippen molar-refractivity contribution >= 4 is 11.9 Å². The molecule has 2 aromatic rings. The Balaban J connectivity index is 1.67. The van der Waals surface area contributed by atoms with Gasteiger partial charge in [0.15, 0.2) is 0 Å². The molecule has 0 unspecified atom stereocenters. The zero-order valence-corrected chi connectivity index (χ0v) is 18.5. The summed E-state index contributed by atoms with van der Waals surface area (Å²) in [6.07, 6.45) is 16.3. The Morgan fingerprint density at radius 2 is 1.31 bits per heavy atom. The average molecular weight is 394 g/mol. The molecule has 29 heavy (non-hydrogen) atoms. The maximum absolute atomic E-state index is 5.70. The highest BCUT2D eigenvalue weighted by molar-refractivity contribution is 5.82. The lowest BCUT2D eigenvalue weighted by atomic mass is 10.0. The van der Waals surface area contributed by atoms with Crippen molar-refractivity contribution in [2.45, 2.75) is 84.5 Å². The van der Waals surface area contributed by atoms with E-state index < -0.39 is 0 Å². The van der Waals surface area contributed by atoms with Crippen molar-refractivity contribution < 1.29 is 4.74 Å². The predicted octanol–water partition coefficient (Wildman–Crippen LogP) is 8.30. The number of aryl methyl sites for hydroxylation is 1. The Kier molecular flexibility index (Phi) is 11.9. The molecule has 0 heterocycles. The molecule has 2 heteroatoms. The summed E-state index contributed by atoms with van der Waals surface area (Å²) in [6, 6.07) is 16.8. The Morgan fingerprint density at radius 3 is 1.97 bits per heavy atom. The fourth-order valence-corrected chi connectivity index (χ4v) is 3.35. The van der Waals surface area contributed by atoms with Crippen LogP contribution in [0.2, 0.25) is 0 Å². The molecule has 0 saturated heterocycles. The van der Waals surface area contributed by atoms with Gasteiger partial charge in [0.2, 0.25) is 0 Å². The molecule has 0 fully saturated rings. The molecule has 2 rings (SSSR count). The van der Waals surface area contributed by atoms with E-state index in [1.54, 1.807) is 0 Å². The molecular formula is C27H39NO. The third kappa shape index (κ3) is 10.3. The summed E-state index contributed by atoms with van der Waals surface area (Å²) in [6.45, 7) is 5.24. The van der Waals surface area contributed by atoms with Crippen LogP contribution in [0, 0.1) is 0 Å². The molecule has 0 radical (unpaired) electrons. The van der Waals surface area contributed by atoms with Gasteiger partial charge in [-0.3, -0.25) is 4.99 Å². The van der Waals surface area contributed by atoms with Crippen molar-refractivity contribution in [2.75, 3.05) is 6.61 Å². The van der Waals surface area contributed by atoms with Crippen LogP contribution in [0.4, 0.5) is 5.69 Å². The molecule has 158 valence electrons. The van der Waals surface area contributed by atoms with Crippen molar-refractivity contribution in [3.05, 3.63) is 59.7 Å². The number of ether oxygens (including phenoxy) is 1. The van der Waals surface area contributed by atoms with E-state index in [0.29, 0.717) is 0 Å². The van der Waals surface area contributed by atoms with Gasteiger partial charge >= 0.3 is 0 Å². The molecule has 0 aliphatic carbocycles. The van der Waals surface area contributed by atoms with Gasteiger partial charge in [-0.05, 0) is 66.8 Å². The monoisotopic (exact) mass is 393 g/mol. The number of hydrogen-bond donors (Lipinski definition) is 0.